The lowest BCUT2D eigenvalue weighted by atomic mass is 9.83. The smallest absolute Gasteiger partial charge is 0.342 e. The molecule has 1 aromatic carbocycles. The van der Waals surface area contributed by atoms with Gasteiger partial charge in [0.05, 0.1) is 11.5 Å². The first kappa shape index (κ1) is 23.3. The number of ketones is 1. The van der Waals surface area contributed by atoms with Gasteiger partial charge in [-0.2, -0.15) is 13.2 Å². The maximum absolute atomic E-state index is 13.0. The summed E-state index contributed by atoms with van der Waals surface area (Å²) in [6.07, 6.45) is 1.23. The van der Waals surface area contributed by atoms with Crippen LogP contribution in [0.5, 0.6) is 0 Å². The number of piperidine rings is 1. The van der Waals surface area contributed by atoms with E-state index in [1.165, 1.54) is 6.07 Å². The maximum atomic E-state index is 13.0. The fraction of sp³-hybridized carbons (Fsp3) is 0.636. The number of carbonyl (C=O) groups excluding carboxylic acids is 2. The van der Waals surface area contributed by atoms with E-state index in [1.54, 1.807) is 6.07 Å². The number of alkyl halides is 3. The van der Waals surface area contributed by atoms with Gasteiger partial charge in [-0.15, -0.1) is 0 Å². The number of nitrogens with two attached hydrogens (primary N) is 1. The molecule has 1 aromatic rings. The van der Waals surface area contributed by atoms with Crippen molar-refractivity contribution in [1.29, 1.82) is 0 Å². The van der Waals surface area contributed by atoms with Gasteiger partial charge in [0.25, 0.3) is 0 Å². The lowest BCUT2D eigenvalue weighted by Gasteiger charge is -2.37. The monoisotopic (exact) mass is 488 g/mol. The highest BCUT2D eigenvalue weighted by Gasteiger charge is 2.34. The third-order valence-corrected chi connectivity index (χ3v) is 7.01. The lowest BCUT2D eigenvalue weighted by Crippen LogP contribution is -2.48. The van der Waals surface area contributed by atoms with Crippen molar-refractivity contribution in [3.63, 3.8) is 0 Å². The molecule has 2 N–H and O–H groups in total. The molecule has 8 heteroatoms. The van der Waals surface area contributed by atoms with E-state index in [1.807, 2.05) is 4.90 Å². The molecule has 4 nitrogen and oxygen atoms in total. The minimum Gasteiger partial charge on any atom is -0.342 e. The first-order valence-corrected chi connectivity index (χ1v) is 11.4. The molecular weight excluding hydrogens is 461 g/mol. The van der Waals surface area contributed by atoms with E-state index in [-0.39, 0.29) is 40.5 Å². The van der Waals surface area contributed by atoms with Crippen LogP contribution in [0.25, 0.3) is 0 Å². The SMILES string of the molecule is N[C@H]1CCCC[C@@H]1C(=O)N1CCC(CC(=O)Cc2ccc(Br)c(C(F)(F)F)c2)CC1. The van der Waals surface area contributed by atoms with Gasteiger partial charge in [0, 0.05) is 36.4 Å². The van der Waals surface area contributed by atoms with Crippen LogP contribution >= 0.6 is 15.9 Å². The molecule has 0 unspecified atom stereocenters. The molecule has 1 aliphatic carbocycles. The minimum absolute atomic E-state index is 0.00751. The van der Waals surface area contributed by atoms with Crippen LogP contribution in [0, 0.1) is 11.8 Å². The van der Waals surface area contributed by atoms with E-state index in [0.29, 0.717) is 25.1 Å². The highest BCUT2D eigenvalue weighted by molar-refractivity contribution is 9.10. The summed E-state index contributed by atoms with van der Waals surface area (Å²) in [5.74, 6) is 0.155. The maximum Gasteiger partial charge on any atom is 0.417 e. The second kappa shape index (κ2) is 9.81. The number of Topliss-reactive ketones (excluding diaryl/α,β-unsaturated/α-hetero) is 1. The molecule has 1 saturated carbocycles. The molecule has 0 radical (unpaired) electrons. The van der Waals surface area contributed by atoms with E-state index >= 15 is 0 Å². The second-order valence-corrected chi connectivity index (χ2v) is 9.41. The molecule has 0 spiro atoms. The Morgan fingerprint density at radius 2 is 1.77 bits per heavy atom. The number of halogens is 4. The van der Waals surface area contributed by atoms with Gasteiger partial charge in [-0.05, 0) is 49.3 Å². The number of likely N-dealkylation sites (tertiary alicyclic amines) is 1. The summed E-state index contributed by atoms with van der Waals surface area (Å²) in [5, 5.41) is 0. The highest BCUT2D eigenvalue weighted by atomic mass is 79.9. The van der Waals surface area contributed by atoms with E-state index < -0.39 is 11.7 Å². The van der Waals surface area contributed by atoms with Gasteiger partial charge in [-0.1, -0.05) is 34.8 Å². The normalized spacial score (nSPS) is 23.4. The van der Waals surface area contributed by atoms with Crippen LogP contribution in [0.2, 0.25) is 0 Å². The number of hydrogen-bond donors (Lipinski definition) is 1. The van der Waals surface area contributed by atoms with Crippen LogP contribution in [0.1, 0.15) is 56.1 Å². The summed E-state index contributed by atoms with van der Waals surface area (Å²) in [7, 11) is 0. The Bertz CT molecular complexity index is 776. The van der Waals surface area contributed by atoms with Crippen LogP contribution in [0.15, 0.2) is 22.7 Å². The van der Waals surface area contributed by atoms with Crippen molar-refractivity contribution in [3.05, 3.63) is 33.8 Å². The summed E-state index contributed by atoms with van der Waals surface area (Å²) in [4.78, 5) is 27.1. The molecule has 166 valence electrons. The first-order valence-electron chi connectivity index (χ1n) is 10.6. The molecule has 0 bridgehead atoms. The summed E-state index contributed by atoms with van der Waals surface area (Å²) >= 11 is 2.92. The zero-order valence-corrected chi connectivity index (χ0v) is 18.5. The van der Waals surface area contributed by atoms with Crippen LogP contribution in [0.3, 0.4) is 0 Å². The minimum atomic E-state index is -4.46. The number of amides is 1. The van der Waals surface area contributed by atoms with Gasteiger partial charge in [0.1, 0.15) is 5.78 Å². The number of hydrogen-bond acceptors (Lipinski definition) is 3. The van der Waals surface area contributed by atoms with Crippen LogP contribution < -0.4 is 5.73 Å². The van der Waals surface area contributed by atoms with Gasteiger partial charge in [-0.3, -0.25) is 9.59 Å². The van der Waals surface area contributed by atoms with Gasteiger partial charge >= 0.3 is 6.18 Å². The molecular formula is C22H28BrF3N2O2. The van der Waals surface area contributed by atoms with Crippen molar-refractivity contribution in [3.8, 4) is 0 Å². The average Bonchev–Trinajstić information content (AvgIpc) is 2.69. The molecule has 2 fully saturated rings. The van der Waals surface area contributed by atoms with E-state index in [0.717, 1.165) is 44.6 Å². The molecule has 1 aliphatic heterocycles. The molecule has 30 heavy (non-hydrogen) atoms. The summed E-state index contributed by atoms with van der Waals surface area (Å²) < 4.78 is 39.1. The fourth-order valence-electron chi connectivity index (χ4n) is 4.58. The zero-order chi connectivity index (χ0) is 21.9. The number of nitrogens with zero attached hydrogens (tertiary/aromatic N) is 1. The quantitative estimate of drug-likeness (QED) is 0.651. The predicted molar refractivity (Wildman–Crippen MR) is 112 cm³/mol. The Morgan fingerprint density at radius 1 is 1.10 bits per heavy atom. The molecule has 2 aliphatic rings. The van der Waals surface area contributed by atoms with Gasteiger partial charge in [0.15, 0.2) is 0 Å². The van der Waals surface area contributed by atoms with E-state index in [4.69, 9.17) is 5.73 Å². The van der Waals surface area contributed by atoms with Crippen LogP contribution in [-0.4, -0.2) is 35.7 Å². The third kappa shape index (κ3) is 5.84. The van der Waals surface area contributed by atoms with Crippen molar-refractivity contribution >= 4 is 27.6 Å². The van der Waals surface area contributed by atoms with Gasteiger partial charge < -0.3 is 10.6 Å². The molecule has 0 aromatic heterocycles. The first-order chi connectivity index (χ1) is 14.1. The van der Waals surface area contributed by atoms with Gasteiger partial charge in [0.2, 0.25) is 5.91 Å². The van der Waals surface area contributed by atoms with Crippen molar-refractivity contribution in [2.75, 3.05) is 13.1 Å². The predicted octanol–water partition coefficient (Wildman–Crippen LogP) is 4.73. The highest BCUT2D eigenvalue weighted by Crippen LogP contribution is 2.35. The van der Waals surface area contributed by atoms with Gasteiger partial charge in [-0.25, -0.2) is 0 Å². The molecule has 2 atom stereocenters. The van der Waals surface area contributed by atoms with Crippen LogP contribution in [-0.2, 0) is 22.2 Å². The largest absolute Gasteiger partial charge is 0.417 e. The molecule has 1 amide bonds. The van der Waals surface area contributed by atoms with Crippen LogP contribution in [0.4, 0.5) is 13.2 Å². The summed E-state index contributed by atoms with van der Waals surface area (Å²) in [5.41, 5.74) is 5.74. The summed E-state index contributed by atoms with van der Waals surface area (Å²) in [6.45, 7) is 1.24. The van der Waals surface area contributed by atoms with E-state index in [2.05, 4.69) is 15.9 Å². The lowest BCUT2D eigenvalue weighted by molar-refractivity contribution is -0.139. The van der Waals surface area contributed by atoms with Crippen molar-refractivity contribution in [2.45, 2.75) is 63.6 Å². The van der Waals surface area contributed by atoms with Crippen molar-refractivity contribution in [2.24, 2.45) is 17.6 Å². The third-order valence-electron chi connectivity index (χ3n) is 6.32. The summed E-state index contributed by atoms with van der Waals surface area (Å²) in [6, 6.07) is 3.87. The Kier molecular flexibility index (Phi) is 7.61. The average molecular weight is 489 g/mol. The number of benzene rings is 1. The molecule has 1 saturated heterocycles. The standard InChI is InChI=1S/C22H28BrF3N2O2/c23-19-6-5-15(13-18(19)22(24,25)26)12-16(29)11-14-7-9-28(10-8-14)21(30)17-3-1-2-4-20(17)27/h5-6,13-14,17,20H,1-4,7-12,27H2/t17-,20-/m0/s1. The number of rotatable bonds is 5. The van der Waals surface area contributed by atoms with E-state index in [9.17, 15) is 22.8 Å². The zero-order valence-electron chi connectivity index (χ0n) is 16.9. The number of carbonyl (C=O) groups is 2. The Labute approximate surface area is 183 Å². The Morgan fingerprint density at radius 3 is 2.40 bits per heavy atom. The van der Waals surface area contributed by atoms with Crippen molar-refractivity contribution < 1.29 is 22.8 Å². The van der Waals surface area contributed by atoms with Crippen molar-refractivity contribution in [1.82, 2.24) is 4.90 Å². The Balaban J connectivity index is 1.49. The molecule has 1 heterocycles. The molecule has 3 rings (SSSR count). The fourth-order valence-corrected chi connectivity index (χ4v) is 5.05. The Hall–Kier alpha value is -1.41. The topological polar surface area (TPSA) is 63.4 Å². The second-order valence-electron chi connectivity index (χ2n) is 8.55.